The Labute approximate surface area is 301 Å². The van der Waals surface area contributed by atoms with Gasteiger partial charge in [-0.05, 0) is 65.3 Å². The van der Waals surface area contributed by atoms with Crippen LogP contribution in [0, 0.1) is 6.92 Å². The van der Waals surface area contributed by atoms with E-state index in [4.69, 9.17) is 18.4 Å². The van der Waals surface area contributed by atoms with Gasteiger partial charge < -0.3 is 18.4 Å². The molecule has 270 valence electrons. The lowest BCUT2D eigenvalue weighted by molar-refractivity contribution is -0.211. The van der Waals surface area contributed by atoms with Crippen molar-refractivity contribution in [1.29, 1.82) is 0 Å². The van der Waals surface area contributed by atoms with Gasteiger partial charge in [0, 0.05) is 27.0 Å². The van der Waals surface area contributed by atoms with E-state index < -0.39 is 45.1 Å². The smallest absolute Gasteiger partial charge is 0.376 e. The number of fused-ring (bicyclic) bond motifs is 1. The fraction of sp³-hybridized carbons (Fsp3) is 0.350. The molecule has 1 aromatic heterocycles. The SMILES string of the molecule is CC[C@@H]1C[C@H](OCc2ccccc2)[C@@H](OCc2ccccc2)[C@H](c2cc(C(C)(C)c3cc4ccccc4s3)c(OS(=O)(=O)C(F)(F)F)cc2C)O1. The number of benzene rings is 4. The van der Waals surface area contributed by atoms with Crippen molar-refractivity contribution in [3.05, 3.63) is 136 Å². The maximum Gasteiger partial charge on any atom is 0.534 e. The van der Waals surface area contributed by atoms with E-state index in [0.717, 1.165) is 26.1 Å². The molecule has 6 nitrogen and oxygen atoms in total. The lowest BCUT2D eigenvalue weighted by atomic mass is 9.79. The van der Waals surface area contributed by atoms with Crippen molar-refractivity contribution in [2.45, 2.75) is 89.1 Å². The Morgan fingerprint density at radius 2 is 1.45 bits per heavy atom. The van der Waals surface area contributed by atoms with E-state index in [-0.39, 0.29) is 18.3 Å². The van der Waals surface area contributed by atoms with Gasteiger partial charge in [-0.1, -0.05) is 99.6 Å². The van der Waals surface area contributed by atoms with Gasteiger partial charge in [-0.25, -0.2) is 0 Å². The van der Waals surface area contributed by atoms with E-state index in [1.165, 1.54) is 17.4 Å². The van der Waals surface area contributed by atoms with Gasteiger partial charge in [0.2, 0.25) is 0 Å². The molecule has 1 aliphatic rings. The van der Waals surface area contributed by atoms with Crippen LogP contribution in [0.1, 0.15) is 72.4 Å². The highest BCUT2D eigenvalue weighted by atomic mass is 32.2. The third kappa shape index (κ3) is 8.18. The second kappa shape index (κ2) is 15.1. The number of alkyl halides is 3. The number of halogens is 3. The zero-order valence-corrected chi connectivity index (χ0v) is 30.5. The first-order valence-electron chi connectivity index (χ1n) is 16.9. The number of hydrogen-bond donors (Lipinski definition) is 0. The average molecular weight is 739 g/mol. The molecule has 51 heavy (non-hydrogen) atoms. The zero-order chi connectivity index (χ0) is 36.4. The lowest BCUT2D eigenvalue weighted by Gasteiger charge is -2.42. The van der Waals surface area contributed by atoms with Crippen LogP contribution in [0.4, 0.5) is 13.2 Å². The molecule has 0 bridgehead atoms. The van der Waals surface area contributed by atoms with Gasteiger partial charge in [0.15, 0.2) is 0 Å². The highest BCUT2D eigenvalue weighted by molar-refractivity contribution is 7.88. The van der Waals surface area contributed by atoms with Crippen LogP contribution in [0.3, 0.4) is 0 Å². The van der Waals surface area contributed by atoms with Crippen LogP contribution < -0.4 is 4.18 Å². The minimum Gasteiger partial charge on any atom is -0.376 e. The molecule has 0 spiro atoms. The predicted octanol–water partition coefficient (Wildman–Crippen LogP) is 10.2. The summed E-state index contributed by atoms with van der Waals surface area (Å²) < 4.78 is 92.0. The van der Waals surface area contributed by atoms with E-state index in [1.54, 1.807) is 13.0 Å². The van der Waals surface area contributed by atoms with Crippen LogP contribution in [-0.2, 0) is 43.0 Å². The van der Waals surface area contributed by atoms with Crippen LogP contribution in [0.15, 0.2) is 103 Å². The second-order valence-corrected chi connectivity index (χ2v) is 16.0. The number of rotatable bonds is 12. The van der Waals surface area contributed by atoms with Gasteiger partial charge in [-0.3, -0.25) is 0 Å². The molecule has 0 aliphatic carbocycles. The molecule has 1 aliphatic heterocycles. The molecule has 4 atom stereocenters. The van der Waals surface area contributed by atoms with Gasteiger partial charge in [0.1, 0.15) is 18.0 Å². The monoisotopic (exact) mass is 738 g/mol. The summed E-state index contributed by atoms with van der Waals surface area (Å²) in [6.07, 6.45) is -0.634. The largest absolute Gasteiger partial charge is 0.534 e. The summed E-state index contributed by atoms with van der Waals surface area (Å²) in [5, 5.41) is 0.970. The molecule has 0 saturated carbocycles. The summed E-state index contributed by atoms with van der Waals surface area (Å²) in [7, 11) is -5.97. The Kier molecular flexibility index (Phi) is 11.0. The highest BCUT2D eigenvalue weighted by Gasteiger charge is 2.50. The number of thiophene rings is 1. The Hall–Kier alpha value is -3.74. The topological polar surface area (TPSA) is 71.1 Å². The van der Waals surface area contributed by atoms with Gasteiger partial charge in [-0.2, -0.15) is 21.6 Å². The first-order chi connectivity index (χ1) is 24.3. The first kappa shape index (κ1) is 37.0. The fourth-order valence-electron chi connectivity index (χ4n) is 6.49. The van der Waals surface area contributed by atoms with E-state index in [2.05, 4.69) is 0 Å². The molecule has 0 N–H and O–H groups in total. The molecular formula is C40H41F3O6S2. The maximum atomic E-state index is 13.7. The zero-order valence-electron chi connectivity index (χ0n) is 28.9. The van der Waals surface area contributed by atoms with Crippen molar-refractivity contribution in [3.8, 4) is 5.75 Å². The molecule has 1 saturated heterocycles. The molecule has 0 unspecified atom stereocenters. The Bertz CT molecular complexity index is 2010. The van der Waals surface area contributed by atoms with Crippen LogP contribution in [0.25, 0.3) is 10.1 Å². The summed E-state index contributed by atoms with van der Waals surface area (Å²) in [5.41, 5.74) is -3.21. The van der Waals surface area contributed by atoms with Crippen molar-refractivity contribution >= 4 is 31.5 Å². The summed E-state index contributed by atoms with van der Waals surface area (Å²) >= 11 is 1.49. The maximum absolute atomic E-state index is 13.7. The Morgan fingerprint density at radius 3 is 2.06 bits per heavy atom. The molecule has 2 heterocycles. The third-order valence-corrected chi connectivity index (χ3v) is 11.8. The highest BCUT2D eigenvalue weighted by Crippen LogP contribution is 2.47. The quantitative estimate of drug-likeness (QED) is 0.0938. The average Bonchev–Trinajstić information content (AvgIpc) is 3.56. The van der Waals surface area contributed by atoms with Crippen LogP contribution >= 0.6 is 11.3 Å². The van der Waals surface area contributed by atoms with Gasteiger partial charge in [0.05, 0.1) is 25.4 Å². The molecule has 11 heteroatoms. The van der Waals surface area contributed by atoms with Gasteiger partial charge >= 0.3 is 15.6 Å². The van der Waals surface area contributed by atoms with Crippen molar-refractivity contribution in [1.82, 2.24) is 0 Å². The van der Waals surface area contributed by atoms with Gasteiger partial charge in [-0.15, -0.1) is 11.3 Å². The normalized spacial score (nSPS) is 20.1. The Balaban J connectivity index is 1.47. The van der Waals surface area contributed by atoms with E-state index in [1.807, 2.05) is 112 Å². The Morgan fingerprint density at radius 1 is 0.843 bits per heavy atom. The van der Waals surface area contributed by atoms with E-state index in [0.29, 0.717) is 30.6 Å². The van der Waals surface area contributed by atoms with Crippen LogP contribution in [0.5, 0.6) is 5.75 Å². The predicted molar refractivity (Wildman–Crippen MR) is 193 cm³/mol. The van der Waals surface area contributed by atoms with Crippen molar-refractivity contribution in [2.24, 2.45) is 0 Å². The summed E-state index contributed by atoms with van der Waals surface area (Å²) in [5.74, 6) is -0.391. The first-order valence-corrected chi connectivity index (χ1v) is 19.1. The minimum atomic E-state index is -5.97. The van der Waals surface area contributed by atoms with Crippen LogP contribution in [-0.4, -0.2) is 32.2 Å². The lowest BCUT2D eigenvalue weighted by Crippen LogP contribution is -2.46. The standard InChI is InChI=1S/C40H41F3O6S2/c1-5-30-22-34(46-24-27-14-8-6-9-15-27)38(47-25-28-16-10-7-11-17-28)37(48-30)31-23-32(33(20-26(31)2)49-51(44,45)40(41,42)43)39(3,4)36-21-29-18-12-13-19-35(29)50-36/h6-21,23,30,34,37-38H,5,22,24-25H2,1-4H3/t30-,34+,37+,38-/m1/s1. The number of aryl methyl sites for hydroxylation is 1. The van der Waals surface area contributed by atoms with Crippen molar-refractivity contribution in [2.75, 3.05) is 0 Å². The fourth-order valence-corrected chi connectivity index (χ4v) is 8.14. The molecule has 0 amide bonds. The van der Waals surface area contributed by atoms with Gasteiger partial charge in [0.25, 0.3) is 0 Å². The third-order valence-electron chi connectivity index (χ3n) is 9.42. The molecule has 4 aromatic carbocycles. The van der Waals surface area contributed by atoms with Crippen molar-refractivity contribution in [3.63, 3.8) is 0 Å². The number of ether oxygens (including phenoxy) is 3. The van der Waals surface area contributed by atoms with E-state index >= 15 is 0 Å². The molecule has 5 aromatic rings. The molecule has 0 radical (unpaired) electrons. The van der Waals surface area contributed by atoms with Crippen LogP contribution in [0.2, 0.25) is 0 Å². The summed E-state index contributed by atoms with van der Waals surface area (Å²) in [6.45, 7) is 8.08. The summed E-state index contributed by atoms with van der Waals surface area (Å²) in [4.78, 5) is 0.824. The van der Waals surface area contributed by atoms with E-state index in [9.17, 15) is 21.6 Å². The molecule has 1 fully saturated rings. The summed E-state index contributed by atoms with van der Waals surface area (Å²) in [6, 6.07) is 32.4. The molecular weight excluding hydrogens is 698 g/mol. The minimum absolute atomic E-state index is 0.202. The number of hydrogen-bond acceptors (Lipinski definition) is 7. The van der Waals surface area contributed by atoms with Crippen molar-refractivity contribution < 1.29 is 40.0 Å². The second-order valence-electron chi connectivity index (χ2n) is 13.4. The molecule has 6 rings (SSSR count).